The lowest BCUT2D eigenvalue weighted by molar-refractivity contribution is 0.592. The molecule has 0 spiro atoms. The van der Waals surface area contributed by atoms with Crippen molar-refractivity contribution in [2.24, 2.45) is 5.73 Å². The van der Waals surface area contributed by atoms with Crippen LogP contribution in [-0.2, 0) is 16.3 Å². The molecule has 0 unspecified atom stereocenters. The van der Waals surface area contributed by atoms with Crippen LogP contribution in [0.15, 0.2) is 88.8 Å². The predicted octanol–water partition coefficient (Wildman–Crippen LogP) is 5.81. The molecule has 0 radical (unpaired) electrons. The minimum absolute atomic E-state index is 0. The highest BCUT2D eigenvalue weighted by Crippen LogP contribution is 2.37. The van der Waals surface area contributed by atoms with Crippen molar-refractivity contribution in [3.8, 4) is 10.4 Å². The fourth-order valence-electron chi connectivity index (χ4n) is 3.84. The highest BCUT2D eigenvalue weighted by molar-refractivity contribution is 7.91. The van der Waals surface area contributed by atoms with Gasteiger partial charge in [0.1, 0.15) is 5.03 Å². The van der Waals surface area contributed by atoms with Crippen LogP contribution in [0.1, 0.15) is 5.56 Å². The Hall–Kier alpha value is -2.64. The molecule has 0 atom stereocenters. The summed E-state index contributed by atoms with van der Waals surface area (Å²) in [7, 11) is -3.66. The first kappa shape index (κ1) is 21.6. The third-order valence-corrected chi connectivity index (χ3v) is 8.24. The lowest BCUT2D eigenvalue weighted by Gasteiger charge is -2.06. The van der Waals surface area contributed by atoms with Crippen LogP contribution >= 0.6 is 23.7 Å². The number of fused-ring (bicyclic) bond motifs is 2. The fourth-order valence-corrected chi connectivity index (χ4v) is 6.43. The Labute approximate surface area is 191 Å². The van der Waals surface area contributed by atoms with E-state index in [0.717, 1.165) is 26.9 Å². The average molecular weight is 469 g/mol. The summed E-state index contributed by atoms with van der Waals surface area (Å²) in [6.45, 7) is 0.372. The third kappa shape index (κ3) is 3.77. The number of hydrogen-bond donors (Lipinski definition) is 2. The zero-order chi connectivity index (χ0) is 20.7. The van der Waals surface area contributed by atoms with Gasteiger partial charge >= 0.3 is 0 Å². The number of hydrogen-bond acceptors (Lipinski definition) is 4. The molecule has 2 heterocycles. The normalized spacial score (nSPS) is 11.6. The maximum Gasteiger partial charge on any atom is 0.222 e. The summed E-state index contributed by atoms with van der Waals surface area (Å²) >= 11 is 1.73. The standard InChI is InChI=1S/C24H20N2O2S2.ClH/c25-13-12-19-20-14-17(23-15-16-6-4-5-9-22(16)29-23)10-11-21(20)26-24(19)30(27,28)18-7-2-1-3-8-18;/h1-11,14-15,26H,12-13,25H2;1H. The molecule has 4 nitrogen and oxygen atoms in total. The van der Waals surface area contributed by atoms with Gasteiger partial charge < -0.3 is 10.7 Å². The number of rotatable bonds is 5. The molecule has 0 aliphatic rings. The molecule has 31 heavy (non-hydrogen) atoms. The quantitative estimate of drug-likeness (QED) is 0.342. The summed E-state index contributed by atoms with van der Waals surface area (Å²) in [5, 5.41) is 2.36. The monoisotopic (exact) mass is 468 g/mol. The minimum Gasteiger partial charge on any atom is -0.345 e. The second-order valence-electron chi connectivity index (χ2n) is 7.20. The highest BCUT2D eigenvalue weighted by atomic mass is 35.5. The van der Waals surface area contributed by atoms with Gasteiger partial charge in [0.25, 0.3) is 0 Å². The molecule has 0 fully saturated rings. The van der Waals surface area contributed by atoms with Crippen molar-refractivity contribution in [3.63, 3.8) is 0 Å². The zero-order valence-electron chi connectivity index (χ0n) is 16.5. The second kappa shape index (κ2) is 8.48. The van der Waals surface area contributed by atoms with E-state index >= 15 is 0 Å². The Morgan fingerprint density at radius 1 is 0.903 bits per heavy atom. The number of aromatic amines is 1. The summed E-state index contributed by atoms with van der Waals surface area (Å²) in [6, 6.07) is 25.1. The van der Waals surface area contributed by atoms with Gasteiger partial charge in [-0.05, 0) is 65.9 Å². The molecule has 0 amide bonds. The van der Waals surface area contributed by atoms with Gasteiger partial charge in [-0.2, -0.15) is 0 Å². The number of H-pyrrole nitrogens is 1. The molecule has 0 aliphatic heterocycles. The van der Waals surface area contributed by atoms with E-state index in [0.29, 0.717) is 13.0 Å². The molecule has 0 bridgehead atoms. The number of halogens is 1. The lowest BCUT2D eigenvalue weighted by atomic mass is 10.1. The van der Waals surface area contributed by atoms with Crippen molar-refractivity contribution in [1.29, 1.82) is 0 Å². The first-order valence-corrected chi connectivity index (χ1v) is 12.0. The molecule has 0 saturated heterocycles. The second-order valence-corrected chi connectivity index (χ2v) is 10.2. The molecule has 7 heteroatoms. The zero-order valence-corrected chi connectivity index (χ0v) is 19.0. The molecule has 0 aliphatic carbocycles. The number of benzene rings is 3. The van der Waals surface area contributed by atoms with E-state index in [1.165, 1.54) is 10.1 Å². The maximum absolute atomic E-state index is 13.3. The van der Waals surface area contributed by atoms with E-state index in [-0.39, 0.29) is 22.3 Å². The summed E-state index contributed by atoms with van der Waals surface area (Å²) in [5.41, 5.74) is 8.48. The molecular weight excluding hydrogens is 448 g/mol. The van der Waals surface area contributed by atoms with E-state index in [9.17, 15) is 8.42 Å². The fraction of sp³-hybridized carbons (Fsp3) is 0.0833. The molecule has 3 aromatic carbocycles. The minimum atomic E-state index is -3.66. The molecular formula is C24H21ClN2O2S2. The van der Waals surface area contributed by atoms with Gasteiger partial charge in [-0.1, -0.05) is 42.5 Å². The van der Waals surface area contributed by atoms with Gasteiger partial charge in [-0.15, -0.1) is 23.7 Å². The van der Waals surface area contributed by atoms with E-state index in [2.05, 4.69) is 29.2 Å². The Morgan fingerprint density at radius 2 is 1.65 bits per heavy atom. The average Bonchev–Trinajstić information content (AvgIpc) is 3.36. The van der Waals surface area contributed by atoms with Crippen molar-refractivity contribution < 1.29 is 8.42 Å². The molecule has 5 rings (SSSR count). The van der Waals surface area contributed by atoms with Crippen molar-refractivity contribution in [2.45, 2.75) is 16.3 Å². The van der Waals surface area contributed by atoms with Crippen LogP contribution in [0.25, 0.3) is 31.4 Å². The molecule has 0 saturated carbocycles. The summed E-state index contributed by atoms with van der Waals surface area (Å²) in [6.07, 6.45) is 0.483. The van der Waals surface area contributed by atoms with Crippen LogP contribution in [0.5, 0.6) is 0 Å². The molecule has 2 aromatic heterocycles. The molecule has 3 N–H and O–H groups in total. The van der Waals surface area contributed by atoms with Gasteiger partial charge in [-0.3, -0.25) is 0 Å². The van der Waals surface area contributed by atoms with Gasteiger partial charge in [-0.25, -0.2) is 8.42 Å². The number of sulfone groups is 1. The Balaban J connectivity index is 0.00000231. The van der Waals surface area contributed by atoms with E-state index in [1.807, 2.05) is 30.3 Å². The SMILES string of the molecule is Cl.NCCc1c(S(=O)(=O)c2ccccc2)[nH]c2ccc(-c3cc4ccccc4s3)cc12. The lowest BCUT2D eigenvalue weighted by Crippen LogP contribution is -2.09. The van der Waals surface area contributed by atoms with E-state index in [1.54, 1.807) is 35.6 Å². The first-order chi connectivity index (χ1) is 14.6. The van der Waals surface area contributed by atoms with Crippen molar-refractivity contribution in [3.05, 3.63) is 84.4 Å². The molecule has 158 valence electrons. The van der Waals surface area contributed by atoms with Gasteiger partial charge in [0.05, 0.1) is 4.90 Å². The van der Waals surface area contributed by atoms with Gasteiger partial charge in [0, 0.05) is 20.5 Å². The number of thiophene rings is 1. The number of nitrogens with two attached hydrogens (primary N) is 1. The van der Waals surface area contributed by atoms with Crippen molar-refractivity contribution in [2.75, 3.05) is 6.54 Å². The smallest absolute Gasteiger partial charge is 0.222 e. The number of aromatic nitrogens is 1. The van der Waals surface area contributed by atoms with Crippen LogP contribution in [0.3, 0.4) is 0 Å². The van der Waals surface area contributed by atoms with Crippen LogP contribution in [0.2, 0.25) is 0 Å². The van der Waals surface area contributed by atoms with Crippen molar-refractivity contribution in [1.82, 2.24) is 4.98 Å². The Morgan fingerprint density at radius 3 is 2.39 bits per heavy atom. The van der Waals surface area contributed by atoms with Gasteiger partial charge in [0.2, 0.25) is 9.84 Å². The summed E-state index contributed by atoms with van der Waals surface area (Å²) in [4.78, 5) is 4.59. The topological polar surface area (TPSA) is 76.0 Å². The Kier molecular flexibility index (Phi) is 5.90. The maximum atomic E-state index is 13.3. The van der Waals surface area contributed by atoms with Crippen LogP contribution in [0.4, 0.5) is 0 Å². The number of nitrogens with one attached hydrogen (secondary N) is 1. The van der Waals surface area contributed by atoms with Gasteiger partial charge in [0.15, 0.2) is 0 Å². The highest BCUT2D eigenvalue weighted by Gasteiger charge is 2.25. The van der Waals surface area contributed by atoms with Crippen LogP contribution < -0.4 is 5.73 Å². The van der Waals surface area contributed by atoms with E-state index in [4.69, 9.17) is 5.73 Å². The molecule has 5 aromatic rings. The predicted molar refractivity (Wildman–Crippen MR) is 131 cm³/mol. The largest absolute Gasteiger partial charge is 0.345 e. The first-order valence-electron chi connectivity index (χ1n) is 9.72. The Bertz CT molecular complexity index is 1440. The van der Waals surface area contributed by atoms with Crippen LogP contribution in [-0.4, -0.2) is 19.9 Å². The summed E-state index contributed by atoms with van der Waals surface area (Å²) in [5.74, 6) is 0. The van der Waals surface area contributed by atoms with Crippen LogP contribution in [0, 0.1) is 0 Å². The van der Waals surface area contributed by atoms with Crippen molar-refractivity contribution >= 4 is 54.6 Å². The summed E-state index contributed by atoms with van der Waals surface area (Å²) < 4.78 is 27.8. The third-order valence-electron chi connectivity index (χ3n) is 5.29. The van der Waals surface area contributed by atoms with E-state index < -0.39 is 9.84 Å².